The van der Waals surface area contributed by atoms with E-state index in [1.165, 1.54) is 56.2 Å². The highest BCUT2D eigenvalue weighted by Gasteiger charge is 2.41. The Balaban J connectivity index is 1.42. The van der Waals surface area contributed by atoms with E-state index in [4.69, 9.17) is 0 Å². The van der Waals surface area contributed by atoms with Crippen molar-refractivity contribution in [3.8, 4) is 0 Å². The molecular formula is C19H28N2OS. The van der Waals surface area contributed by atoms with E-state index in [0.29, 0.717) is 6.04 Å². The van der Waals surface area contributed by atoms with Gasteiger partial charge in [0, 0.05) is 22.9 Å². The summed E-state index contributed by atoms with van der Waals surface area (Å²) in [5.74, 6) is 0.288. The van der Waals surface area contributed by atoms with Gasteiger partial charge in [-0.1, -0.05) is 25.3 Å². The molecule has 2 aliphatic carbocycles. The molecule has 4 heteroatoms. The molecule has 3 aliphatic rings. The van der Waals surface area contributed by atoms with Crippen molar-refractivity contribution < 1.29 is 4.79 Å². The van der Waals surface area contributed by atoms with E-state index in [0.717, 1.165) is 19.5 Å². The molecule has 126 valence electrons. The molecule has 0 unspecified atom stereocenters. The molecule has 2 saturated carbocycles. The standard InChI is InChI=1S/C19H28N2OS/c22-18(16-6-4-12-21(16)15-8-9-15)20-14-19(10-2-1-3-11-19)17-7-5-13-23-17/h5,7,13,15-16H,1-4,6,8-12,14H2,(H,20,22)/t16-/m0/s1. The highest BCUT2D eigenvalue weighted by Crippen LogP contribution is 2.41. The van der Waals surface area contributed by atoms with Crippen LogP contribution in [0.15, 0.2) is 17.5 Å². The first-order valence-corrected chi connectivity index (χ1v) is 10.2. The van der Waals surface area contributed by atoms with Crippen LogP contribution < -0.4 is 5.32 Å². The summed E-state index contributed by atoms with van der Waals surface area (Å²) >= 11 is 1.87. The first-order chi connectivity index (χ1) is 11.3. The fourth-order valence-electron chi connectivity index (χ4n) is 4.61. The van der Waals surface area contributed by atoms with Crippen molar-refractivity contribution in [2.75, 3.05) is 13.1 Å². The van der Waals surface area contributed by atoms with Gasteiger partial charge in [-0.2, -0.15) is 0 Å². The van der Waals surface area contributed by atoms with Crippen LogP contribution in [0.5, 0.6) is 0 Å². The van der Waals surface area contributed by atoms with Gasteiger partial charge in [-0.15, -0.1) is 11.3 Å². The third-order valence-corrected chi connectivity index (χ3v) is 7.18. The lowest BCUT2D eigenvalue weighted by atomic mass is 9.73. The molecule has 3 nitrogen and oxygen atoms in total. The summed E-state index contributed by atoms with van der Waals surface area (Å²) < 4.78 is 0. The van der Waals surface area contributed by atoms with Crippen LogP contribution in [0.2, 0.25) is 0 Å². The number of rotatable bonds is 5. The quantitative estimate of drug-likeness (QED) is 0.892. The predicted molar refractivity (Wildman–Crippen MR) is 94.8 cm³/mol. The monoisotopic (exact) mass is 332 g/mol. The minimum atomic E-state index is 0.145. The molecule has 1 aromatic rings. The van der Waals surface area contributed by atoms with Crippen LogP contribution >= 0.6 is 11.3 Å². The first kappa shape index (κ1) is 15.6. The van der Waals surface area contributed by atoms with Gasteiger partial charge in [-0.05, 0) is 56.5 Å². The lowest BCUT2D eigenvalue weighted by Crippen LogP contribution is -2.49. The van der Waals surface area contributed by atoms with Crippen LogP contribution in [0, 0.1) is 0 Å². The summed E-state index contributed by atoms with van der Waals surface area (Å²) in [6.45, 7) is 1.96. The van der Waals surface area contributed by atoms with Crippen LogP contribution in [-0.4, -0.2) is 36.0 Å². The minimum Gasteiger partial charge on any atom is -0.354 e. The number of amides is 1. The molecule has 0 radical (unpaired) electrons. The summed E-state index contributed by atoms with van der Waals surface area (Å²) in [6.07, 6.45) is 11.2. The molecule has 0 aromatic carbocycles. The summed E-state index contributed by atoms with van der Waals surface area (Å²) in [5.41, 5.74) is 0.199. The van der Waals surface area contributed by atoms with E-state index in [2.05, 4.69) is 27.7 Å². The van der Waals surface area contributed by atoms with E-state index < -0.39 is 0 Å². The molecule has 1 amide bonds. The lowest BCUT2D eigenvalue weighted by molar-refractivity contribution is -0.126. The normalized spacial score (nSPS) is 27.9. The number of nitrogens with one attached hydrogen (secondary N) is 1. The molecule has 4 rings (SSSR count). The maximum absolute atomic E-state index is 12.8. The van der Waals surface area contributed by atoms with Crippen LogP contribution in [-0.2, 0) is 10.2 Å². The van der Waals surface area contributed by atoms with Crippen molar-refractivity contribution in [1.29, 1.82) is 0 Å². The summed E-state index contributed by atoms with van der Waals surface area (Å²) in [6, 6.07) is 5.28. The molecule has 1 aromatic heterocycles. The van der Waals surface area contributed by atoms with E-state index in [9.17, 15) is 4.79 Å². The van der Waals surface area contributed by atoms with Gasteiger partial charge in [0.1, 0.15) is 0 Å². The zero-order chi connectivity index (χ0) is 15.7. The van der Waals surface area contributed by atoms with Crippen LogP contribution in [0.1, 0.15) is 62.7 Å². The van der Waals surface area contributed by atoms with Crippen LogP contribution in [0.4, 0.5) is 0 Å². The highest BCUT2D eigenvalue weighted by molar-refractivity contribution is 7.10. The second-order valence-corrected chi connectivity index (χ2v) is 8.61. The van der Waals surface area contributed by atoms with Crippen molar-refractivity contribution in [2.24, 2.45) is 0 Å². The number of nitrogens with zero attached hydrogens (tertiary/aromatic N) is 1. The zero-order valence-corrected chi connectivity index (χ0v) is 14.7. The first-order valence-electron chi connectivity index (χ1n) is 9.36. The Labute approximate surface area is 143 Å². The third-order valence-electron chi connectivity index (χ3n) is 6.07. The topological polar surface area (TPSA) is 32.3 Å². The molecule has 0 spiro atoms. The maximum Gasteiger partial charge on any atom is 0.237 e. The molecule has 1 atom stereocenters. The Morgan fingerprint density at radius 1 is 1.22 bits per heavy atom. The third kappa shape index (κ3) is 3.20. The second-order valence-electron chi connectivity index (χ2n) is 7.66. The molecule has 2 heterocycles. The van der Waals surface area contributed by atoms with Crippen molar-refractivity contribution in [3.05, 3.63) is 22.4 Å². The Hall–Kier alpha value is -0.870. The Bertz CT molecular complexity index is 532. The number of likely N-dealkylation sites (tertiary alicyclic amines) is 1. The fourth-order valence-corrected chi connectivity index (χ4v) is 5.59. The molecule has 0 bridgehead atoms. The van der Waals surface area contributed by atoms with Gasteiger partial charge in [0.25, 0.3) is 0 Å². The molecule has 3 fully saturated rings. The Kier molecular flexibility index (Phi) is 4.46. The van der Waals surface area contributed by atoms with E-state index >= 15 is 0 Å². The molecular weight excluding hydrogens is 304 g/mol. The summed E-state index contributed by atoms with van der Waals surface area (Å²) in [4.78, 5) is 16.7. The van der Waals surface area contributed by atoms with Gasteiger partial charge in [0.2, 0.25) is 5.91 Å². The smallest absolute Gasteiger partial charge is 0.237 e. The molecule has 23 heavy (non-hydrogen) atoms. The number of carbonyl (C=O) groups excluding carboxylic acids is 1. The average Bonchev–Trinajstić information content (AvgIpc) is 3.08. The van der Waals surface area contributed by atoms with E-state index in [1.54, 1.807) is 0 Å². The minimum absolute atomic E-state index is 0.145. The Morgan fingerprint density at radius 3 is 2.74 bits per heavy atom. The SMILES string of the molecule is O=C(NCC1(c2cccs2)CCCCC1)[C@@H]1CCCN1C1CC1. The number of hydrogen-bond acceptors (Lipinski definition) is 3. The maximum atomic E-state index is 12.8. The van der Waals surface area contributed by atoms with Gasteiger partial charge >= 0.3 is 0 Å². The van der Waals surface area contributed by atoms with Crippen LogP contribution in [0.25, 0.3) is 0 Å². The highest BCUT2D eigenvalue weighted by atomic mass is 32.1. The Morgan fingerprint density at radius 2 is 2.04 bits per heavy atom. The van der Waals surface area contributed by atoms with Crippen molar-refractivity contribution in [2.45, 2.75) is 75.3 Å². The summed E-state index contributed by atoms with van der Waals surface area (Å²) in [5, 5.41) is 5.54. The predicted octanol–water partition coefficient (Wildman–Crippen LogP) is 3.69. The van der Waals surface area contributed by atoms with E-state index in [1.807, 2.05) is 11.3 Å². The largest absolute Gasteiger partial charge is 0.354 e. The fraction of sp³-hybridized carbons (Fsp3) is 0.737. The van der Waals surface area contributed by atoms with Crippen LogP contribution in [0.3, 0.4) is 0 Å². The molecule has 1 saturated heterocycles. The zero-order valence-electron chi connectivity index (χ0n) is 13.9. The average molecular weight is 333 g/mol. The lowest BCUT2D eigenvalue weighted by Gasteiger charge is -2.37. The van der Waals surface area contributed by atoms with Crippen molar-refractivity contribution >= 4 is 17.2 Å². The number of thiophene rings is 1. The van der Waals surface area contributed by atoms with Gasteiger partial charge in [-0.25, -0.2) is 0 Å². The van der Waals surface area contributed by atoms with Gasteiger partial charge < -0.3 is 5.32 Å². The molecule has 1 N–H and O–H groups in total. The van der Waals surface area contributed by atoms with Gasteiger partial charge in [0.05, 0.1) is 6.04 Å². The van der Waals surface area contributed by atoms with Crippen molar-refractivity contribution in [1.82, 2.24) is 10.2 Å². The number of carbonyl (C=O) groups is 1. The van der Waals surface area contributed by atoms with Crippen molar-refractivity contribution in [3.63, 3.8) is 0 Å². The van der Waals surface area contributed by atoms with Gasteiger partial charge in [-0.3, -0.25) is 9.69 Å². The molecule has 1 aliphatic heterocycles. The second kappa shape index (κ2) is 6.56. The van der Waals surface area contributed by atoms with E-state index in [-0.39, 0.29) is 17.4 Å². The summed E-state index contributed by atoms with van der Waals surface area (Å²) in [7, 11) is 0. The van der Waals surface area contributed by atoms with Gasteiger partial charge in [0.15, 0.2) is 0 Å². The number of hydrogen-bond donors (Lipinski definition) is 1.